The lowest BCUT2D eigenvalue weighted by Gasteiger charge is -2.18. The summed E-state index contributed by atoms with van der Waals surface area (Å²) in [6, 6.07) is 29.7. The normalized spacial score (nSPS) is 10.8. The predicted molar refractivity (Wildman–Crippen MR) is 115 cm³/mol. The van der Waals surface area contributed by atoms with E-state index in [1.54, 1.807) is 0 Å². The third kappa shape index (κ3) is 3.29. The molecule has 0 amide bonds. The van der Waals surface area contributed by atoms with Crippen LogP contribution in [0.25, 0.3) is 33.6 Å². The quantitative estimate of drug-likeness (QED) is 0.388. The van der Waals surface area contributed by atoms with Crippen LogP contribution in [0, 0.1) is 20.8 Å². The lowest BCUT2D eigenvalue weighted by molar-refractivity contribution is 1.23. The summed E-state index contributed by atoms with van der Waals surface area (Å²) in [4.78, 5) is 5.12. The highest BCUT2D eigenvalue weighted by molar-refractivity contribution is 5.84. The van der Waals surface area contributed by atoms with Gasteiger partial charge in [0.1, 0.15) is 0 Å². The summed E-state index contributed by atoms with van der Waals surface area (Å²) < 4.78 is 0. The smallest absolute Gasteiger partial charge is 0.0745 e. The van der Waals surface area contributed by atoms with E-state index in [9.17, 15) is 0 Å². The van der Waals surface area contributed by atoms with Crippen molar-refractivity contribution in [2.75, 3.05) is 0 Å². The number of hydrogen-bond donors (Lipinski definition) is 0. The molecule has 0 aliphatic heterocycles. The molecule has 1 heteroatoms. The Labute approximate surface area is 161 Å². The Balaban J connectivity index is 2.04. The first-order valence-corrected chi connectivity index (χ1v) is 9.34. The van der Waals surface area contributed by atoms with Gasteiger partial charge in [-0.1, -0.05) is 90.5 Å². The second kappa shape index (κ2) is 7.20. The summed E-state index contributed by atoms with van der Waals surface area (Å²) in [5.74, 6) is 0. The Morgan fingerprint density at radius 2 is 0.926 bits per heavy atom. The molecule has 4 aromatic rings. The molecule has 1 aromatic heterocycles. The van der Waals surface area contributed by atoms with Crippen LogP contribution in [0.2, 0.25) is 0 Å². The van der Waals surface area contributed by atoms with E-state index in [0.717, 1.165) is 22.5 Å². The lowest BCUT2D eigenvalue weighted by atomic mass is 9.90. The van der Waals surface area contributed by atoms with Gasteiger partial charge in [-0.15, -0.1) is 0 Å². The molecule has 1 nitrogen and oxygen atoms in total. The van der Waals surface area contributed by atoms with Gasteiger partial charge in [0, 0.05) is 11.1 Å². The average Bonchev–Trinajstić information content (AvgIpc) is 2.71. The fourth-order valence-electron chi connectivity index (χ4n) is 3.70. The van der Waals surface area contributed by atoms with Crippen LogP contribution in [0.5, 0.6) is 0 Å². The number of rotatable bonds is 3. The molecule has 4 rings (SSSR count). The summed E-state index contributed by atoms with van der Waals surface area (Å²) in [5.41, 5.74) is 10.7. The first kappa shape index (κ1) is 17.2. The number of hydrogen-bond acceptors (Lipinski definition) is 1. The summed E-state index contributed by atoms with van der Waals surface area (Å²) >= 11 is 0. The van der Waals surface area contributed by atoms with E-state index in [-0.39, 0.29) is 0 Å². The van der Waals surface area contributed by atoms with Crippen molar-refractivity contribution in [3.05, 3.63) is 102 Å². The molecule has 132 valence electrons. The van der Waals surface area contributed by atoms with E-state index in [1.807, 2.05) is 12.1 Å². The van der Waals surface area contributed by atoms with Gasteiger partial charge in [0.2, 0.25) is 0 Å². The van der Waals surface area contributed by atoms with E-state index in [2.05, 4.69) is 93.6 Å². The zero-order chi connectivity index (χ0) is 18.8. The van der Waals surface area contributed by atoms with Gasteiger partial charge in [-0.25, -0.2) is 4.98 Å². The van der Waals surface area contributed by atoms with Gasteiger partial charge in [0.25, 0.3) is 0 Å². The summed E-state index contributed by atoms with van der Waals surface area (Å²) in [6.45, 7) is 6.50. The van der Waals surface area contributed by atoms with Crippen LogP contribution in [0.1, 0.15) is 16.7 Å². The molecule has 3 aromatic carbocycles. The molecule has 0 atom stereocenters. The van der Waals surface area contributed by atoms with Crippen molar-refractivity contribution in [2.24, 2.45) is 0 Å². The Bertz CT molecular complexity index is 999. The summed E-state index contributed by atoms with van der Waals surface area (Å²) in [7, 11) is 0. The van der Waals surface area contributed by atoms with Gasteiger partial charge in [0.05, 0.1) is 11.4 Å². The fourth-order valence-corrected chi connectivity index (χ4v) is 3.70. The molecule has 1 heterocycles. The zero-order valence-electron chi connectivity index (χ0n) is 16.0. The van der Waals surface area contributed by atoms with Crippen LogP contribution >= 0.6 is 0 Å². The molecule has 0 saturated carbocycles. The highest BCUT2D eigenvalue weighted by Crippen LogP contribution is 2.38. The highest BCUT2D eigenvalue weighted by Gasteiger charge is 2.17. The number of pyridine rings is 1. The van der Waals surface area contributed by atoms with Crippen molar-refractivity contribution < 1.29 is 0 Å². The Morgan fingerprint density at radius 3 is 1.37 bits per heavy atom. The van der Waals surface area contributed by atoms with E-state index >= 15 is 0 Å². The molecule has 0 spiro atoms. The third-order valence-corrected chi connectivity index (χ3v) is 5.12. The number of nitrogens with zero attached hydrogens (tertiary/aromatic N) is 1. The molecule has 0 aliphatic carbocycles. The maximum Gasteiger partial charge on any atom is 0.0745 e. The maximum atomic E-state index is 5.12. The van der Waals surface area contributed by atoms with Crippen LogP contribution in [0.15, 0.2) is 84.9 Å². The Kier molecular flexibility index (Phi) is 4.60. The molecule has 0 bridgehead atoms. The zero-order valence-corrected chi connectivity index (χ0v) is 16.0. The molecule has 0 saturated heterocycles. The molecular weight excluding hydrogens is 326 g/mol. The van der Waals surface area contributed by atoms with Gasteiger partial charge in [-0.2, -0.15) is 0 Å². The van der Waals surface area contributed by atoms with Crippen molar-refractivity contribution >= 4 is 0 Å². The SMILES string of the molecule is Cc1ccc(-c2c(C)c(-c3ccccc3)nc(-c3ccccc3)c2C)cc1. The number of aryl methyl sites for hydroxylation is 1. The van der Waals surface area contributed by atoms with Crippen LogP contribution < -0.4 is 0 Å². The van der Waals surface area contributed by atoms with Crippen molar-refractivity contribution in [1.82, 2.24) is 4.98 Å². The van der Waals surface area contributed by atoms with Gasteiger partial charge in [0.15, 0.2) is 0 Å². The minimum absolute atomic E-state index is 1.05. The minimum atomic E-state index is 1.05. The molecule has 27 heavy (non-hydrogen) atoms. The average molecular weight is 349 g/mol. The van der Waals surface area contributed by atoms with E-state index in [0.29, 0.717) is 0 Å². The van der Waals surface area contributed by atoms with Crippen LogP contribution in [-0.4, -0.2) is 4.98 Å². The number of benzene rings is 3. The standard InChI is InChI=1S/C26H23N/c1-18-14-16-21(17-15-18)24-19(2)25(22-10-6-4-7-11-22)27-26(20(24)3)23-12-8-5-9-13-23/h4-17H,1-3H3. The molecule has 0 fully saturated rings. The van der Waals surface area contributed by atoms with E-state index in [4.69, 9.17) is 4.98 Å². The summed E-state index contributed by atoms with van der Waals surface area (Å²) in [6.07, 6.45) is 0. The monoisotopic (exact) mass is 349 g/mol. The Morgan fingerprint density at radius 1 is 0.481 bits per heavy atom. The van der Waals surface area contributed by atoms with Gasteiger partial charge in [-0.3, -0.25) is 0 Å². The fraction of sp³-hybridized carbons (Fsp3) is 0.115. The third-order valence-electron chi connectivity index (χ3n) is 5.12. The minimum Gasteiger partial charge on any atom is -0.247 e. The van der Waals surface area contributed by atoms with Gasteiger partial charge in [-0.05, 0) is 43.0 Å². The maximum absolute atomic E-state index is 5.12. The summed E-state index contributed by atoms with van der Waals surface area (Å²) in [5, 5.41) is 0. The Hall–Kier alpha value is -3.19. The molecule has 0 N–H and O–H groups in total. The van der Waals surface area contributed by atoms with E-state index in [1.165, 1.54) is 27.8 Å². The predicted octanol–water partition coefficient (Wildman–Crippen LogP) is 7.01. The molecular formula is C26H23N. The largest absolute Gasteiger partial charge is 0.247 e. The van der Waals surface area contributed by atoms with Gasteiger partial charge < -0.3 is 0 Å². The van der Waals surface area contributed by atoms with Crippen molar-refractivity contribution in [3.63, 3.8) is 0 Å². The second-order valence-electron chi connectivity index (χ2n) is 7.03. The molecule has 0 radical (unpaired) electrons. The van der Waals surface area contributed by atoms with Crippen molar-refractivity contribution in [3.8, 4) is 33.6 Å². The first-order chi connectivity index (χ1) is 13.1. The number of aromatic nitrogens is 1. The van der Waals surface area contributed by atoms with Crippen LogP contribution in [0.3, 0.4) is 0 Å². The molecule has 0 aliphatic rings. The topological polar surface area (TPSA) is 12.9 Å². The second-order valence-corrected chi connectivity index (χ2v) is 7.03. The van der Waals surface area contributed by atoms with Crippen LogP contribution in [-0.2, 0) is 0 Å². The highest BCUT2D eigenvalue weighted by atomic mass is 14.7. The lowest BCUT2D eigenvalue weighted by Crippen LogP contribution is -2.00. The van der Waals surface area contributed by atoms with E-state index < -0.39 is 0 Å². The van der Waals surface area contributed by atoms with Crippen molar-refractivity contribution in [1.29, 1.82) is 0 Å². The van der Waals surface area contributed by atoms with Crippen LogP contribution in [0.4, 0.5) is 0 Å². The van der Waals surface area contributed by atoms with Crippen molar-refractivity contribution in [2.45, 2.75) is 20.8 Å². The first-order valence-electron chi connectivity index (χ1n) is 9.34. The molecule has 0 unspecified atom stereocenters. The van der Waals surface area contributed by atoms with Gasteiger partial charge >= 0.3 is 0 Å².